The summed E-state index contributed by atoms with van der Waals surface area (Å²) >= 11 is 6.10. The molecule has 3 rings (SSSR count). The summed E-state index contributed by atoms with van der Waals surface area (Å²) in [7, 11) is 0. The van der Waals surface area contributed by atoms with E-state index in [1.165, 1.54) is 0 Å². The average molecular weight is 237 g/mol. The first-order chi connectivity index (χ1) is 7.68. The smallest absolute Gasteiger partial charge is 0.235 e. The normalized spacial score (nSPS) is 17.9. The number of nitrogens with two attached hydrogens (primary N) is 1. The second kappa shape index (κ2) is 3.43. The first kappa shape index (κ1) is 10.1. The first-order valence-corrected chi connectivity index (χ1v) is 5.82. The van der Waals surface area contributed by atoms with Gasteiger partial charge in [0.05, 0.1) is 5.69 Å². The third-order valence-corrected chi connectivity index (χ3v) is 3.51. The largest absolute Gasteiger partial charge is 0.325 e. The van der Waals surface area contributed by atoms with E-state index in [2.05, 4.69) is 9.97 Å². The van der Waals surface area contributed by atoms with Gasteiger partial charge in [0.1, 0.15) is 0 Å². The van der Waals surface area contributed by atoms with Crippen molar-refractivity contribution in [3.05, 3.63) is 29.3 Å². The lowest BCUT2D eigenvalue weighted by atomic mass is 10.1. The van der Waals surface area contributed by atoms with Gasteiger partial charge >= 0.3 is 0 Å². The van der Waals surface area contributed by atoms with Crippen LogP contribution < -0.4 is 5.73 Å². The summed E-state index contributed by atoms with van der Waals surface area (Å²) in [6.07, 6.45) is 7.73. The van der Waals surface area contributed by atoms with Gasteiger partial charge < -0.3 is 5.73 Å². The molecule has 0 aliphatic heterocycles. The fourth-order valence-corrected chi connectivity index (χ4v) is 2.17. The summed E-state index contributed by atoms with van der Waals surface area (Å²) in [6.45, 7) is 0. The Labute approximate surface area is 98.5 Å². The molecule has 1 saturated carbocycles. The molecule has 4 nitrogen and oxygen atoms in total. The Morgan fingerprint density at radius 2 is 2.31 bits per heavy atom. The van der Waals surface area contributed by atoms with E-state index in [1.54, 1.807) is 6.20 Å². The van der Waals surface area contributed by atoms with Gasteiger partial charge in [-0.05, 0) is 31.7 Å². The maximum Gasteiger partial charge on any atom is 0.235 e. The Morgan fingerprint density at radius 3 is 3.06 bits per heavy atom. The number of hydrogen-bond donors (Lipinski definition) is 1. The van der Waals surface area contributed by atoms with Crippen LogP contribution in [0.3, 0.4) is 0 Å². The van der Waals surface area contributed by atoms with Crippen LogP contribution in [-0.2, 0) is 6.42 Å². The number of aryl methyl sites for hydroxylation is 1. The van der Waals surface area contributed by atoms with Crippen molar-refractivity contribution in [1.29, 1.82) is 0 Å². The van der Waals surface area contributed by atoms with Gasteiger partial charge in [-0.1, -0.05) is 11.6 Å². The zero-order valence-electron chi connectivity index (χ0n) is 8.86. The summed E-state index contributed by atoms with van der Waals surface area (Å²) in [5, 5.41) is 0.544. The summed E-state index contributed by atoms with van der Waals surface area (Å²) in [5.41, 5.74) is 7.14. The van der Waals surface area contributed by atoms with Gasteiger partial charge in [0.15, 0.2) is 5.15 Å². The predicted octanol–water partition coefficient (Wildman–Crippen LogP) is 1.81. The molecule has 0 atom stereocenters. The highest BCUT2D eigenvalue weighted by molar-refractivity contribution is 6.30. The van der Waals surface area contributed by atoms with Crippen LogP contribution >= 0.6 is 11.6 Å². The van der Waals surface area contributed by atoms with Crippen LogP contribution in [0.5, 0.6) is 0 Å². The number of rotatable bonds is 3. The fourth-order valence-electron chi connectivity index (χ4n) is 1.91. The van der Waals surface area contributed by atoms with E-state index in [9.17, 15) is 0 Å². The van der Waals surface area contributed by atoms with Gasteiger partial charge in [0.2, 0.25) is 5.78 Å². The number of nitrogens with zero attached hydrogens (tertiary/aromatic N) is 3. The number of halogens is 1. The minimum Gasteiger partial charge on any atom is -0.325 e. The maximum atomic E-state index is 6.10. The Bertz CT molecular complexity index is 530. The van der Waals surface area contributed by atoms with E-state index in [1.807, 2.05) is 16.7 Å². The van der Waals surface area contributed by atoms with Gasteiger partial charge in [-0.25, -0.2) is 4.98 Å². The van der Waals surface area contributed by atoms with Crippen LogP contribution in [0.2, 0.25) is 5.15 Å². The Hall–Kier alpha value is -1.13. The zero-order chi connectivity index (χ0) is 11.2. The predicted molar refractivity (Wildman–Crippen MR) is 62.5 cm³/mol. The molecule has 5 heteroatoms. The Balaban J connectivity index is 1.92. The monoisotopic (exact) mass is 236 g/mol. The highest BCUT2D eigenvalue weighted by atomic mass is 35.5. The molecule has 16 heavy (non-hydrogen) atoms. The second-order valence-corrected chi connectivity index (χ2v) is 4.86. The molecular formula is C11H13ClN4. The van der Waals surface area contributed by atoms with Crippen LogP contribution in [0.1, 0.15) is 25.0 Å². The third kappa shape index (κ3) is 1.68. The van der Waals surface area contributed by atoms with E-state index in [4.69, 9.17) is 17.3 Å². The van der Waals surface area contributed by atoms with E-state index in [0.29, 0.717) is 10.9 Å². The minimum absolute atomic E-state index is 0.0513. The summed E-state index contributed by atoms with van der Waals surface area (Å²) < 4.78 is 1.94. The quantitative estimate of drug-likeness (QED) is 0.884. The van der Waals surface area contributed by atoms with Crippen LogP contribution in [0, 0.1) is 0 Å². The summed E-state index contributed by atoms with van der Waals surface area (Å²) in [5.74, 6) is 0.657. The van der Waals surface area contributed by atoms with Crippen molar-refractivity contribution < 1.29 is 0 Å². The first-order valence-electron chi connectivity index (χ1n) is 5.44. The lowest BCUT2D eigenvalue weighted by molar-refractivity contribution is 0.601. The van der Waals surface area contributed by atoms with Crippen LogP contribution in [0.25, 0.3) is 5.78 Å². The van der Waals surface area contributed by atoms with Gasteiger partial charge in [-0.3, -0.25) is 4.40 Å². The highest BCUT2D eigenvalue weighted by Gasteiger charge is 2.37. The average Bonchev–Trinajstić information content (AvgIpc) is 2.91. The fraction of sp³-hybridized carbons (Fsp3) is 0.455. The van der Waals surface area contributed by atoms with Gasteiger partial charge in [0.25, 0.3) is 0 Å². The summed E-state index contributed by atoms with van der Waals surface area (Å²) in [6, 6.07) is 1.88. The van der Waals surface area contributed by atoms with Crippen LogP contribution in [0.4, 0.5) is 0 Å². The molecule has 1 aliphatic carbocycles. The van der Waals surface area contributed by atoms with Crippen molar-refractivity contribution in [2.75, 3.05) is 0 Å². The molecule has 0 amide bonds. The highest BCUT2D eigenvalue weighted by Crippen LogP contribution is 2.37. The van der Waals surface area contributed by atoms with Crippen LogP contribution in [-0.4, -0.2) is 19.9 Å². The van der Waals surface area contributed by atoms with Crippen molar-refractivity contribution in [3.8, 4) is 0 Å². The topological polar surface area (TPSA) is 56.2 Å². The van der Waals surface area contributed by atoms with E-state index in [0.717, 1.165) is 31.4 Å². The van der Waals surface area contributed by atoms with E-state index < -0.39 is 0 Å². The number of imidazole rings is 1. The SMILES string of the molecule is NC1(CCc2c(Cl)nc3ncccn23)CC1. The third-order valence-electron chi connectivity index (χ3n) is 3.21. The lowest BCUT2D eigenvalue weighted by Gasteiger charge is -2.07. The maximum absolute atomic E-state index is 6.10. The van der Waals surface area contributed by atoms with Gasteiger partial charge in [-0.15, -0.1) is 0 Å². The molecule has 2 aromatic rings. The van der Waals surface area contributed by atoms with E-state index >= 15 is 0 Å². The molecule has 1 aliphatic rings. The molecule has 0 spiro atoms. The molecule has 0 saturated heterocycles. The molecule has 0 unspecified atom stereocenters. The standard InChI is InChI=1S/C11H13ClN4/c12-9-8(2-3-11(13)4-5-11)16-7-1-6-14-10(16)15-9/h1,6-7H,2-5,13H2. The number of hydrogen-bond acceptors (Lipinski definition) is 3. The lowest BCUT2D eigenvalue weighted by Crippen LogP contribution is -2.22. The van der Waals surface area contributed by atoms with Crippen molar-refractivity contribution in [2.45, 2.75) is 31.2 Å². The second-order valence-electron chi connectivity index (χ2n) is 4.50. The molecule has 2 N–H and O–H groups in total. The number of aromatic nitrogens is 3. The molecular weight excluding hydrogens is 224 g/mol. The number of fused-ring (bicyclic) bond motifs is 1. The summed E-state index contributed by atoms with van der Waals surface area (Å²) in [4.78, 5) is 8.37. The minimum atomic E-state index is 0.0513. The van der Waals surface area contributed by atoms with E-state index in [-0.39, 0.29) is 5.54 Å². The van der Waals surface area contributed by atoms with Crippen LogP contribution in [0.15, 0.2) is 18.5 Å². The van der Waals surface area contributed by atoms with Gasteiger partial charge in [0, 0.05) is 17.9 Å². The van der Waals surface area contributed by atoms with Crippen molar-refractivity contribution in [1.82, 2.24) is 14.4 Å². The molecule has 1 fully saturated rings. The molecule has 0 radical (unpaired) electrons. The molecule has 2 heterocycles. The van der Waals surface area contributed by atoms with Gasteiger partial charge in [-0.2, -0.15) is 4.98 Å². The molecule has 84 valence electrons. The van der Waals surface area contributed by atoms with Crippen molar-refractivity contribution >= 4 is 17.4 Å². The zero-order valence-corrected chi connectivity index (χ0v) is 9.61. The molecule has 0 aromatic carbocycles. The molecule has 2 aromatic heterocycles. The molecule has 0 bridgehead atoms. The Kier molecular flexibility index (Phi) is 2.16. The van der Waals surface area contributed by atoms with Crippen molar-refractivity contribution in [2.24, 2.45) is 5.73 Å². The Morgan fingerprint density at radius 1 is 1.50 bits per heavy atom. The van der Waals surface area contributed by atoms with Crippen molar-refractivity contribution in [3.63, 3.8) is 0 Å².